The quantitative estimate of drug-likeness (QED) is 0.0817. The second kappa shape index (κ2) is 20.9. The molecule has 6 aromatic carbocycles. The second-order valence-electron chi connectivity index (χ2n) is 13.5. The highest BCUT2D eigenvalue weighted by atomic mass is 32.2. The molecule has 6 nitrogen and oxygen atoms in total. The van der Waals surface area contributed by atoms with Gasteiger partial charge in [-0.3, -0.25) is 0 Å². The maximum Gasteiger partial charge on any atom is 0.137 e. The fourth-order valence-corrected chi connectivity index (χ4v) is 7.73. The van der Waals surface area contributed by atoms with Crippen molar-refractivity contribution in [2.75, 3.05) is 6.61 Å². The van der Waals surface area contributed by atoms with Crippen LogP contribution < -0.4 is 0 Å². The lowest BCUT2D eigenvalue weighted by atomic mass is 9.95. The van der Waals surface area contributed by atoms with E-state index in [4.69, 9.17) is 28.4 Å². The van der Waals surface area contributed by atoms with Crippen molar-refractivity contribution in [3.63, 3.8) is 0 Å². The Bertz CT molecular complexity index is 1920. The fraction of sp³-hybridized carbons (Fsp3) is 0.250. The summed E-state index contributed by atoms with van der Waals surface area (Å²) in [6, 6.07) is 61.4. The Balaban J connectivity index is 1.26. The minimum absolute atomic E-state index is 0.279. The molecule has 7 rings (SSSR count). The third kappa shape index (κ3) is 11.7. The molecule has 0 saturated carbocycles. The third-order valence-electron chi connectivity index (χ3n) is 9.45. The molecule has 7 heteroatoms. The molecule has 1 aliphatic rings. The number of thioether (sulfide) groups is 1. The van der Waals surface area contributed by atoms with Crippen LogP contribution >= 0.6 is 11.8 Å². The smallest absolute Gasteiger partial charge is 0.137 e. The van der Waals surface area contributed by atoms with Gasteiger partial charge in [0.1, 0.15) is 36.0 Å². The van der Waals surface area contributed by atoms with Crippen LogP contribution in [0.3, 0.4) is 0 Å². The van der Waals surface area contributed by atoms with Gasteiger partial charge in [-0.05, 0) is 39.9 Å². The predicted octanol–water partition coefficient (Wildman–Crippen LogP) is 10.1. The lowest BCUT2D eigenvalue weighted by Gasteiger charge is -2.48. The van der Waals surface area contributed by atoms with E-state index in [0.29, 0.717) is 33.0 Å². The van der Waals surface area contributed by atoms with Gasteiger partial charge < -0.3 is 28.4 Å². The van der Waals surface area contributed by atoms with Gasteiger partial charge in [0.15, 0.2) is 0 Å². The number of benzene rings is 6. The molecule has 0 spiro atoms. The molecule has 0 N–H and O–H groups in total. The Morgan fingerprint density at radius 3 is 1.27 bits per heavy atom. The Hall–Kier alpha value is -4.57. The number of hydrogen-bond acceptors (Lipinski definition) is 7. The molecule has 6 aromatic rings. The van der Waals surface area contributed by atoms with Gasteiger partial charge in [0, 0.05) is 4.90 Å². The summed E-state index contributed by atoms with van der Waals surface area (Å²) in [5, 5.41) is 0. The Labute approximate surface area is 329 Å². The highest BCUT2D eigenvalue weighted by Gasteiger charge is 2.51. The zero-order valence-corrected chi connectivity index (χ0v) is 31.7. The Morgan fingerprint density at radius 2 is 0.800 bits per heavy atom. The van der Waals surface area contributed by atoms with Crippen molar-refractivity contribution < 1.29 is 28.4 Å². The van der Waals surface area contributed by atoms with Crippen molar-refractivity contribution in [1.82, 2.24) is 0 Å². The summed E-state index contributed by atoms with van der Waals surface area (Å²) < 4.78 is 41.4. The SMILES string of the molecule is c1ccc(COC[C@H](OCc2ccccc2)[C@H]2O[C@H](Sc3ccccc3)[C@@H](OCc3ccccc3)[C@@H](OCc3ccccc3)[C@@H]2OCc2ccccc2)cc1. The van der Waals surface area contributed by atoms with Crippen LogP contribution in [0.2, 0.25) is 0 Å². The first-order chi connectivity index (χ1) is 27.3. The average molecular weight is 753 g/mol. The first-order valence-corrected chi connectivity index (χ1v) is 19.8. The fourth-order valence-electron chi connectivity index (χ4n) is 6.60. The van der Waals surface area contributed by atoms with Gasteiger partial charge in [0.05, 0.1) is 39.6 Å². The minimum atomic E-state index is -0.585. The molecule has 6 atom stereocenters. The molecule has 0 unspecified atom stereocenters. The first kappa shape index (κ1) is 38.7. The molecular weight excluding hydrogens is 705 g/mol. The summed E-state index contributed by atoms with van der Waals surface area (Å²) in [6.45, 7) is 2.21. The molecule has 0 bridgehead atoms. The lowest BCUT2D eigenvalue weighted by Crippen LogP contribution is -2.63. The van der Waals surface area contributed by atoms with Crippen molar-refractivity contribution in [3.05, 3.63) is 210 Å². The molecule has 55 heavy (non-hydrogen) atoms. The largest absolute Gasteiger partial charge is 0.374 e. The molecule has 1 heterocycles. The monoisotopic (exact) mass is 752 g/mol. The lowest BCUT2D eigenvalue weighted by molar-refractivity contribution is -0.271. The first-order valence-electron chi connectivity index (χ1n) is 18.9. The van der Waals surface area contributed by atoms with Crippen molar-refractivity contribution in [2.24, 2.45) is 0 Å². The van der Waals surface area contributed by atoms with Gasteiger partial charge >= 0.3 is 0 Å². The van der Waals surface area contributed by atoms with Crippen LogP contribution in [-0.2, 0) is 61.5 Å². The number of hydrogen-bond donors (Lipinski definition) is 0. The van der Waals surface area contributed by atoms with E-state index < -0.39 is 36.0 Å². The van der Waals surface area contributed by atoms with Crippen molar-refractivity contribution >= 4 is 11.8 Å². The van der Waals surface area contributed by atoms with Crippen LogP contribution in [0.1, 0.15) is 27.8 Å². The van der Waals surface area contributed by atoms with E-state index in [-0.39, 0.29) is 6.61 Å². The zero-order valence-electron chi connectivity index (χ0n) is 30.9. The van der Waals surface area contributed by atoms with Crippen LogP contribution in [0.15, 0.2) is 187 Å². The molecular formula is C48H48O6S. The van der Waals surface area contributed by atoms with Crippen LogP contribution in [0.4, 0.5) is 0 Å². The van der Waals surface area contributed by atoms with Gasteiger partial charge in [-0.25, -0.2) is 0 Å². The molecule has 1 saturated heterocycles. The van der Waals surface area contributed by atoms with Gasteiger partial charge in [-0.15, -0.1) is 0 Å². The van der Waals surface area contributed by atoms with Gasteiger partial charge in [-0.2, -0.15) is 0 Å². The van der Waals surface area contributed by atoms with Crippen LogP contribution in [0.5, 0.6) is 0 Å². The molecule has 1 fully saturated rings. The van der Waals surface area contributed by atoms with Crippen molar-refractivity contribution in [2.45, 2.75) is 73.9 Å². The summed E-state index contributed by atoms with van der Waals surface area (Å²) >= 11 is 1.63. The molecule has 282 valence electrons. The number of ether oxygens (including phenoxy) is 6. The molecule has 0 aromatic heterocycles. The summed E-state index contributed by atoms with van der Waals surface area (Å²) in [6.07, 6.45) is -2.72. The average Bonchev–Trinajstić information content (AvgIpc) is 3.25. The third-order valence-corrected chi connectivity index (χ3v) is 10.6. The minimum Gasteiger partial charge on any atom is -0.374 e. The van der Waals surface area contributed by atoms with Gasteiger partial charge in [0.2, 0.25) is 0 Å². The van der Waals surface area contributed by atoms with E-state index in [9.17, 15) is 0 Å². The normalized spacial score (nSPS) is 20.2. The van der Waals surface area contributed by atoms with Crippen LogP contribution in [-0.4, -0.2) is 42.6 Å². The Kier molecular flexibility index (Phi) is 14.7. The van der Waals surface area contributed by atoms with E-state index in [1.807, 2.05) is 109 Å². The van der Waals surface area contributed by atoms with Gasteiger partial charge in [0.25, 0.3) is 0 Å². The van der Waals surface area contributed by atoms with Crippen molar-refractivity contribution in [3.8, 4) is 0 Å². The summed E-state index contributed by atoms with van der Waals surface area (Å²) in [5.74, 6) is 0. The summed E-state index contributed by atoms with van der Waals surface area (Å²) in [5.41, 5.74) is 4.85. The Morgan fingerprint density at radius 1 is 0.418 bits per heavy atom. The highest BCUT2D eigenvalue weighted by molar-refractivity contribution is 7.99. The van der Waals surface area contributed by atoms with E-state index >= 15 is 0 Å². The highest BCUT2D eigenvalue weighted by Crippen LogP contribution is 2.40. The molecule has 0 aliphatic carbocycles. The van der Waals surface area contributed by atoms with Crippen molar-refractivity contribution in [1.29, 1.82) is 0 Å². The van der Waals surface area contributed by atoms with E-state index in [1.54, 1.807) is 11.8 Å². The molecule has 1 aliphatic heterocycles. The zero-order chi connectivity index (χ0) is 37.3. The summed E-state index contributed by atoms with van der Waals surface area (Å²) in [7, 11) is 0. The maximum atomic E-state index is 7.26. The second-order valence-corrected chi connectivity index (χ2v) is 14.7. The summed E-state index contributed by atoms with van der Waals surface area (Å²) in [4.78, 5) is 1.06. The van der Waals surface area contributed by atoms with Crippen LogP contribution in [0.25, 0.3) is 0 Å². The topological polar surface area (TPSA) is 55.4 Å². The van der Waals surface area contributed by atoms with E-state index in [2.05, 4.69) is 72.8 Å². The number of rotatable bonds is 19. The standard InChI is InChI=1S/C48H48O6S/c1-7-19-37(20-8-1)31-49-36-43(50-32-38-21-9-2-10-22-38)44-45(51-33-39-23-11-3-12-24-39)46(52-34-40-25-13-4-14-26-40)47(53-35-41-27-15-5-16-28-41)48(54-44)55-42-29-17-6-18-30-42/h1-30,43-48H,31-36H2/t43-,44+,45+,46-,47-,48+/m0/s1. The van der Waals surface area contributed by atoms with Gasteiger partial charge in [-0.1, -0.05) is 182 Å². The molecule has 0 radical (unpaired) electrons. The maximum absolute atomic E-state index is 7.26. The molecule has 0 amide bonds. The van der Waals surface area contributed by atoms with E-state index in [0.717, 1.165) is 32.7 Å². The van der Waals surface area contributed by atoms with E-state index in [1.165, 1.54) is 0 Å². The van der Waals surface area contributed by atoms with Crippen LogP contribution in [0, 0.1) is 0 Å². The predicted molar refractivity (Wildman–Crippen MR) is 217 cm³/mol.